The molecular weight excluding hydrogens is 397 g/mol. The Morgan fingerprint density at radius 3 is 2.30 bits per heavy atom. The maximum Gasteiger partial charge on any atom is 0.416 e. The molecule has 1 amide bonds. The zero-order chi connectivity index (χ0) is 21.9. The van der Waals surface area contributed by atoms with Crippen molar-refractivity contribution >= 4 is 11.8 Å². The smallest absolute Gasteiger partial charge is 0.416 e. The van der Waals surface area contributed by atoms with Gasteiger partial charge in [0.05, 0.1) is 11.3 Å². The molecule has 0 bridgehead atoms. The highest BCUT2D eigenvalue weighted by Crippen LogP contribution is 2.29. The summed E-state index contributed by atoms with van der Waals surface area (Å²) in [4.78, 5) is 16.0. The molecule has 0 atom stereocenters. The van der Waals surface area contributed by atoms with Crippen molar-refractivity contribution in [1.82, 2.24) is 14.8 Å². The van der Waals surface area contributed by atoms with E-state index in [1.807, 2.05) is 0 Å². The fourth-order valence-electron chi connectivity index (χ4n) is 2.43. The summed E-state index contributed by atoms with van der Waals surface area (Å²) in [6.45, 7) is 3.18. The molecule has 0 saturated carbocycles. The number of alkyl halides is 3. The van der Waals surface area contributed by atoms with E-state index in [0.717, 1.165) is 12.1 Å². The fraction of sp³-hybridized carbons (Fsp3) is 0.190. The minimum atomic E-state index is -4.40. The summed E-state index contributed by atoms with van der Waals surface area (Å²) in [7, 11) is 0. The SMILES string of the molecule is C#CC(C)(C)OC(=O)Nc1ccc(-c2ncn(-c3ccc(C(F)(F)F)cc3)n2)cc1. The number of carbonyl (C=O) groups is 1. The Labute approximate surface area is 170 Å². The number of hydrogen-bond donors (Lipinski definition) is 1. The quantitative estimate of drug-likeness (QED) is 0.616. The highest BCUT2D eigenvalue weighted by molar-refractivity contribution is 5.85. The van der Waals surface area contributed by atoms with Gasteiger partial charge >= 0.3 is 12.3 Å². The van der Waals surface area contributed by atoms with E-state index in [0.29, 0.717) is 22.8 Å². The number of rotatable bonds is 4. The van der Waals surface area contributed by atoms with Gasteiger partial charge in [-0.05, 0) is 62.4 Å². The topological polar surface area (TPSA) is 69.0 Å². The Kier molecular flexibility index (Phi) is 5.52. The molecule has 0 spiro atoms. The average Bonchev–Trinajstić information content (AvgIpc) is 3.18. The van der Waals surface area contributed by atoms with E-state index in [1.165, 1.54) is 23.1 Å². The van der Waals surface area contributed by atoms with Crippen molar-refractivity contribution in [2.75, 3.05) is 5.32 Å². The summed E-state index contributed by atoms with van der Waals surface area (Å²) in [6, 6.07) is 11.3. The third kappa shape index (κ3) is 4.97. The van der Waals surface area contributed by atoms with Crippen LogP contribution in [0, 0.1) is 12.3 Å². The maximum absolute atomic E-state index is 12.7. The lowest BCUT2D eigenvalue weighted by molar-refractivity contribution is -0.137. The van der Waals surface area contributed by atoms with Crippen LogP contribution in [0.5, 0.6) is 0 Å². The highest BCUT2D eigenvalue weighted by atomic mass is 19.4. The molecule has 1 aromatic heterocycles. The van der Waals surface area contributed by atoms with E-state index in [9.17, 15) is 18.0 Å². The lowest BCUT2D eigenvalue weighted by atomic mass is 10.1. The van der Waals surface area contributed by atoms with E-state index in [1.54, 1.807) is 38.1 Å². The van der Waals surface area contributed by atoms with Gasteiger partial charge in [-0.25, -0.2) is 14.5 Å². The van der Waals surface area contributed by atoms with Crippen molar-refractivity contribution in [2.45, 2.75) is 25.6 Å². The van der Waals surface area contributed by atoms with Gasteiger partial charge in [-0.1, -0.05) is 5.92 Å². The van der Waals surface area contributed by atoms with Crippen LogP contribution in [0.25, 0.3) is 17.1 Å². The molecule has 1 heterocycles. The molecule has 2 aromatic carbocycles. The Balaban J connectivity index is 1.70. The first-order valence-electron chi connectivity index (χ1n) is 8.75. The van der Waals surface area contributed by atoms with Gasteiger partial charge in [0.2, 0.25) is 0 Å². The van der Waals surface area contributed by atoms with E-state index in [4.69, 9.17) is 11.2 Å². The number of terminal acetylenes is 1. The van der Waals surface area contributed by atoms with Gasteiger partial charge in [0, 0.05) is 11.3 Å². The van der Waals surface area contributed by atoms with E-state index in [2.05, 4.69) is 21.3 Å². The molecule has 1 N–H and O–H groups in total. The normalized spacial score (nSPS) is 11.6. The minimum absolute atomic E-state index is 0.373. The first-order chi connectivity index (χ1) is 14.1. The summed E-state index contributed by atoms with van der Waals surface area (Å²) < 4.78 is 44.5. The molecule has 30 heavy (non-hydrogen) atoms. The number of halogens is 3. The predicted molar refractivity (Wildman–Crippen MR) is 105 cm³/mol. The molecule has 9 heteroatoms. The summed E-state index contributed by atoms with van der Waals surface area (Å²) in [5.74, 6) is 2.73. The lowest BCUT2D eigenvalue weighted by Gasteiger charge is -2.18. The van der Waals surface area contributed by atoms with Crippen LogP contribution < -0.4 is 5.32 Å². The number of aromatic nitrogens is 3. The number of amides is 1. The van der Waals surface area contributed by atoms with E-state index >= 15 is 0 Å². The molecule has 0 unspecified atom stereocenters. The summed E-state index contributed by atoms with van der Waals surface area (Å²) >= 11 is 0. The first kappa shape index (κ1) is 20.9. The monoisotopic (exact) mass is 414 g/mol. The number of anilines is 1. The minimum Gasteiger partial charge on any atom is -0.430 e. The molecule has 0 saturated heterocycles. The van der Waals surface area contributed by atoms with Crippen LogP contribution in [-0.2, 0) is 10.9 Å². The summed E-state index contributed by atoms with van der Waals surface area (Å²) in [5.41, 5.74) is -0.181. The highest BCUT2D eigenvalue weighted by Gasteiger charge is 2.30. The van der Waals surface area contributed by atoms with Gasteiger partial charge in [0.15, 0.2) is 11.4 Å². The van der Waals surface area contributed by atoms with Gasteiger partial charge in [-0.3, -0.25) is 5.32 Å². The van der Waals surface area contributed by atoms with Gasteiger partial charge in [-0.2, -0.15) is 13.2 Å². The number of carbonyl (C=O) groups excluding carboxylic acids is 1. The van der Waals surface area contributed by atoms with Crippen molar-refractivity contribution in [1.29, 1.82) is 0 Å². The van der Waals surface area contributed by atoms with Crippen molar-refractivity contribution in [3.8, 4) is 29.4 Å². The number of hydrogen-bond acceptors (Lipinski definition) is 4. The predicted octanol–water partition coefficient (Wildman–Crippen LogP) is 4.91. The van der Waals surface area contributed by atoms with E-state index in [-0.39, 0.29) is 0 Å². The maximum atomic E-state index is 12.7. The van der Waals surface area contributed by atoms with Crippen LogP contribution in [0.4, 0.5) is 23.7 Å². The molecule has 6 nitrogen and oxygen atoms in total. The van der Waals surface area contributed by atoms with Gasteiger partial charge in [0.25, 0.3) is 0 Å². The Morgan fingerprint density at radius 1 is 1.10 bits per heavy atom. The van der Waals surface area contributed by atoms with Crippen molar-refractivity contribution < 1.29 is 22.7 Å². The fourth-order valence-corrected chi connectivity index (χ4v) is 2.43. The number of nitrogens with one attached hydrogen (secondary N) is 1. The van der Waals surface area contributed by atoms with Crippen molar-refractivity contribution in [3.63, 3.8) is 0 Å². The van der Waals surface area contributed by atoms with Crippen LogP contribution in [0.3, 0.4) is 0 Å². The molecule has 0 aliphatic heterocycles. The second-order valence-corrected chi connectivity index (χ2v) is 6.80. The lowest BCUT2D eigenvalue weighted by Crippen LogP contribution is -2.28. The summed E-state index contributed by atoms with van der Waals surface area (Å²) in [5, 5.41) is 6.85. The van der Waals surface area contributed by atoms with E-state index < -0.39 is 23.4 Å². The molecule has 3 rings (SSSR count). The van der Waals surface area contributed by atoms with Crippen molar-refractivity contribution in [3.05, 3.63) is 60.4 Å². The molecule has 0 aliphatic carbocycles. The Hall–Kier alpha value is -3.80. The average molecular weight is 414 g/mol. The molecular formula is C21H17F3N4O2. The first-order valence-corrected chi connectivity index (χ1v) is 8.75. The number of nitrogens with zero attached hydrogens (tertiary/aromatic N) is 3. The van der Waals surface area contributed by atoms with Gasteiger partial charge in [-0.15, -0.1) is 11.5 Å². The standard InChI is InChI=1S/C21H17F3N4O2/c1-4-20(2,3)30-19(29)26-16-9-5-14(6-10-16)18-25-13-28(27-18)17-11-7-15(8-12-17)21(22,23)24/h1,5-13H,2-3H3,(H,26,29). The Morgan fingerprint density at radius 2 is 1.73 bits per heavy atom. The number of ether oxygens (including phenoxy) is 1. The van der Waals surface area contributed by atoms with Crippen molar-refractivity contribution in [2.24, 2.45) is 0 Å². The number of benzene rings is 2. The van der Waals surface area contributed by atoms with Gasteiger partial charge < -0.3 is 4.74 Å². The van der Waals surface area contributed by atoms with Crippen LogP contribution in [0.1, 0.15) is 19.4 Å². The molecule has 0 radical (unpaired) electrons. The molecule has 3 aromatic rings. The second-order valence-electron chi connectivity index (χ2n) is 6.80. The second kappa shape index (κ2) is 7.91. The Bertz CT molecular complexity index is 1080. The zero-order valence-corrected chi connectivity index (χ0v) is 16.1. The van der Waals surface area contributed by atoms with Crippen LogP contribution in [0.2, 0.25) is 0 Å². The summed E-state index contributed by atoms with van der Waals surface area (Å²) in [6.07, 6.45) is 1.61. The zero-order valence-electron chi connectivity index (χ0n) is 16.1. The third-order valence-corrected chi connectivity index (χ3v) is 4.04. The molecule has 154 valence electrons. The molecule has 0 fully saturated rings. The van der Waals surface area contributed by atoms with Crippen LogP contribution >= 0.6 is 0 Å². The largest absolute Gasteiger partial charge is 0.430 e. The van der Waals surface area contributed by atoms with Crippen LogP contribution in [0.15, 0.2) is 54.9 Å². The van der Waals surface area contributed by atoms with Gasteiger partial charge in [0.1, 0.15) is 6.33 Å². The van der Waals surface area contributed by atoms with Crippen LogP contribution in [-0.4, -0.2) is 26.5 Å². The molecule has 0 aliphatic rings. The third-order valence-electron chi connectivity index (χ3n) is 4.04.